The molecule has 2 rings (SSSR count). The molecule has 0 unspecified atom stereocenters. The number of carbonyl (C=O) groups is 1. The molecule has 0 N–H and O–H groups in total. The van der Waals surface area contributed by atoms with Gasteiger partial charge in [0.15, 0.2) is 5.78 Å². The highest BCUT2D eigenvalue weighted by Crippen LogP contribution is 2.25. The number of methoxy groups -OCH3 is 1. The molecule has 1 fully saturated rings. The van der Waals surface area contributed by atoms with Gasteiger partial charge in [-0.25, -0.2) is 4.39 Å². The Kier molecular flexibility index (Phi) is 3.97. The minimum atomic E-state index is -0.412. The van der Waals surface area contributed by atoms with Gasteiger partial charge in [-0.3, -0.25) is 9.69 Å². The molecule has 1 saturated carbocycles. The maximum Gasteiger partial charge on any atom is 0.180 e. The Hall–Kier alpha value is -1.42. The Labute approximate surface area is 107 Å². The molecule has 98 valence electrons. The van der Waals surface area contributed by atoms with E-state index >= 15 is 0 Å². The molecular weight excluding hydrogens is 233 g/mol. The van der Waals surface area contributed by atoms with Crippen LogP contribution in [-0.4, -0.2) is 37.4 Å². The van der Waals surface area contributed by atoms with Gasteiger partial charge < -0.3 is 4.74 Å². The maximum absolute atomic E-state index is 13.2. The molecule has 1 aromatic carbocycles. The largest absolute Gasteiger partial charge is 0.496 e. The molecule has 0 radical (unpaired) electrons. The first kappa shape index (κ1) is 13.0. The van der Waals surface area contributed by atoms with E-state index in [1.54, 1.807) is 0 Å². The van der Waals surface area contributed by atoms with Crippen LogP contribution in [0.1, 0.15) is 29.6 Å². The lowest BCUT2D eigenvalue weighted by Gasteiger charge is -2.34. The number of benzene rings is 1. The minimum absolute atomic E-state index is 0.0965. The van der Waals surface area contributed by atoms with Gasteiger partial charge in [-0.2, -0.15) is 0 Å². The van der Waals surface area contributed by atoms with E-state index in [4.69, 9.17) is 4.74 Å². The summed E-state index contributed by atoms with van der Waals surface area (Å²) >= 11 is 0. The first-order valence-electron chi connectivity index (χ1n) is 6.19. The number of halogens is 1. The molecule has 0 heterocycles. The van der Waals surface area contributed by atoms with Crippen LogP contribution in [0.3, 0.4) is 0 Å². The first-order chi connectivity index (χ1) is 8.61. The molecule has 0 aliphatic heterocycles. The van der Waals surface area contributed by atoms with Crippen molar-refractivity contribution in [3.8, 4) is 5.75 Å². The third-order valence-corrected chi connectivity index (χ3v) is 3.55. The van der Waals surface area contributed by atoms with Crippen molar-refractivity contribution in [2.45, 2.75) is 25.3 Å². The molecular formula is C14H18FNO2. The Morgan fingerprint density at radius 3 is 2.78 bits per heavy atom. The molecule has 0 bridgehead atoms. The van der Waals surface area contributed by atoms with Crippen molar-refractivity contribution >= 4 is 5.78 Å². The van der Waals surface area contributed by atoms with E-state index in [1.807, 2.05) is 11.9 Å². The molecule has 1 aromatic rings. The minimum Gasteiger partial charge on any atom is -0.496 e. The fourth-order valence-corrected chi connectivity index (χ4v) is 2.17. The maximum atomic E-state index is 13.2. The highest BCUT2D eigenvalue weighted by molar-refractivity contribution is 6.00. The van der Waals surface area contributed by atoms with Crippen molar-refractivity contribution in [3.05, 3.63) is 29.6 Å². The van der Waals surface area contributed by atoms with Crippen molar-refractivity contribution in [2.75, 3.05) is 20.7 Å². The summed E-state index contributed by atoms with van der Waals surface area (Å²) in [6.45, 7) is 0.310. The molecule has 1 aliphatic carbocycles. The number of carbonyl (C=O) groups excluding carboxylic acids is 1. The van der Waals surface area contributed by atoms with E-state index in [9.17, 15) is 9.18 Å². The van der Waals surface area contributed by atoms with E-state index in [0.29, 0.717) is 23.9 Å². The van der Waals surface area contributed by atoms with Crippen LogP contribution in [0.4, 0.5) is 4.39 Å². The molecule has 1 aliphatic rings. The van der Waals surface area contributed by atoms with Gasteiger partial charge in [0.2, 0.25) is 0 Å². The van der Waals surface area contributed by atoms with Crippen LogP contribution in [0, 0.1) is 5.82 Å². The van der Waals surface area contributed by atoms with E-state index < -0.39 is 5.82 Å². The third-order valence-electron chi connectivity index (χ3n) is 3.55. The van der Waals surface area contributed by atoms with Crippen LogP contribution >= 0.6 is 0 Å². The van der Waals surface area contributed by atoms with Gasteiger partial charge in [-0.15, -0.1) is 0 Å². The highest BCUT2D eigenvalue weighted by atomic mass is 19.1. The molecule has 0 atom stereocenters. The predicted octanol–water partition coefficient (Wildman–Crippen LogP) is 2.50. The van der Waals surface area contributed by atoms with Crippen molar-refractivity contribution in [3.63, 3.8) is 0 Å². The normalized spacial score (nSPS) is 15.6. The van der Waals surface area contributed by atoms with E-state index in [2.05, 4.69) is 0 Å². The summed E-state index contributed by atoms with van der Waals surface area (Å²) in [7, 11) is 3.42. The second-order valence-electron chi connectivity index (χ2n) is 4.77. The van der Waals surface area contributed by atoms with Gasteiger partial charge in [-0.1, -0.05) is 6.42 Å². The Bertz CT molecular complexity index is 443. The van der Waals surface area contributed by atoms with Gasteiger partial charge >= 0.3 is 0 Å². The molecule has 0 amide bonds. The summed E-state index contributed by atoms with van der Waals surface area (Å²) in [5, 5.41) is 0. The second-order valence-corrected chi connectivity index (χ2v) is 4.77. The molecule has 0 spiro atoms. The van der Waals surface area contributed by atoms with Gasteiger partial charge in [0, 0.05) is 6.04 Å². The number of Topliss-reactive ketones (excluding diaryl/α,β-unsaturated/α-hetero) is 1. The number of nitrogens with zero attached hydrogens (tertiary/aromatic N) is 1. The summed E-state index contributed by atoms with van der Waals surface area (Å²) in [5.74, 6) is -0.0744. The quantitative estimate of drug-likeness (QED) is 0.753. The summed E-state index contributed by atoms with van der Waals surface area (Å²) in [6.07, 6.45) is 3.51. The number of hydrogen-bond acceptors (Lipinski definition) is 3. The number of ether oxygens (including phenoxy) is 1. The summed E-state index contributed by atoms with van der Waals surface area (Å²) < 4.78 is 18.3. The Balaban J connectivity index is 2.09. The zero-order valence-electron chi connectivity index (χ0n) is 10.8. The zero-order valence-corrected chi connectivity index (χ0v) is 10.8. The molecule has 3 nitrogen and oxygen atoms in total. The van der Waals surface area contributed by atoms with E-state index in [0.717, 1.165) is 12.8 Å². The van der Waals surface area contributed by atoms with Crippen molar-refractivity contribution < 1.29 is 13.9 Å². The fourth-order valence-electron chi connectivity index (χ4n) is 2.17. The molecule has 18 heavy (non-hydrogen) atoms. The molecule has 4 heteroatoms. The van der Waals surface area contributed by atoms with Crippen LogP contribution in [-0.2, 0) is 0 Å². The van der Waals surface area contributed by atoms with Crippen molar-refractivity contribution in [1.82, 2.24) is 4.90 Å². The number of hydrogen-bond donors (Lipinski definition) is 0. The molecule has 0 aromatic heterocycles. The lowest BCUT2D eigenvalue weighted by molar-refractivity contribution is 0.0867. The van der Waals surface area contributed by atoms with Crippen LogP contribution in [0.25, 0.3) is 0 Å². The molecule has 0 saturated heterocycles. The van der Waals surface area contributed by atoms with E-state index in [-0.39, 0.29) is 5.78 Å². The third kappa shape index (κ3) is 2.70. The van der Waals surface area contributed by atoms with Crippen molar-refractivity contribution in [1.29, 1.82) is 0 Å². The van der Waals surface area contributed by atoms with E-state index in [1.165, 1.54) is 31.7 Å². The number of rotatable bonds is 5. The van der Waals surface area contributed by atoms with Crippen LogP contribution in [0.2, 0.25) is 0 Å². The standard InChI is InChI=1S/C14H18FNO2/c1-16(11-4-3-5-11)9-13(17)12-8-10(15)6-7-14(12)18-2/h6-8,11H,3-5,9H2,1-2H3. The Morgan fingerprint density at radius 1 is 1.50 bits per heavy atom. The first-order valence-corrected chi connectivity index (χ1v) is 6.19. The highest BCUT2D eigenvalue weighted by Gasteiger charge is 2.24. The summed E-state index contributed by atoms with van der Waals surface area (Å²) in [5.41, 5.74) is 0.323. The lowest BCUT2D eigenvalue weighted by Crippen LogP contribution is -2.40. The average molecular weight is 251 g/mol. The zero-order chi connectivity index (χ0) is 13.1. The monoisotopic (exact) mass is 251 g/mol. The fraction of sp³-hybridized carbons (Fsp3) is 0.500. The number of likely N-dealkylation sites (N-methyl/N-ethyl adjacent to an activating group) is 1. The predicted molar refractivity (Wildman–Crippen MR) is 67.6 cm³/mol. The second kappa shape index (κ2) is 5.48. The summed E-state index contributed by atoms with van der Waals surface area (Å²) in [6, 6.07) is 4.53. The average Bonchev–Trinajstić information content (AvgIpc) is 2.26. The van der Waals surface area contributed by atoms with Gasteiger partial charge in [0.05, 0.1) is 19.2 Å². The topological polar surface area (TPSA) is 29.5 Å². The van der Waals surface area contributed by atoms with Crippen molar-refractivity contribution in [2.24, 2.45) is 0 Å². The van der Waals surface area contributed by atoms with Crippen LogP contribution < -0.4 is 4.74 Å². The van der Waals surface area contributed by atoms with Crippen LogP contribution in [0.15, 0.2) is 18.2 Å². The smallest absolute Gasteiger partial charge is 0.180 e. The number of ketones is 1. The summed E-state index contributed by atoms with van der Waals surface area (Å²) in [4.78, 5) is 14.2. The Morgan fingerprint density at radius 2 is 2.22 bits per heavy atom. The lowest BCUT2D eigenvalue weighted by atomic mass is 9.91. The van der Waals surface area contributed by atoms with Gasteiger partial charge in [0.25, 0.3) is 0 Å². The van der Waals surface area contributed by atoms with Gasteiger partial charge in [-0.05, 0) is 38.1 Å². The van der Waals surface area contributed by atoms with Crippen LogP contribution in [0.5, 0.6) is 5.75 Å². The van der Waals surface area contributed by atoms with Gasteiger partial charge in [0.1, 0.15) is 11.6 Å². The SMILES string of the molecule is COc1ccc(F)cc1C(=O)CN(C)C1CCC1.